The van der Waals surface area contributed by atoms with Crippen LogP contribution in [-0.4, -0.2) is 5.78 Å². The first-order valence-corrected chi connectivity index (χ1v) is 6.19. The quantitative estimate of drug-likeness (QED) is 0.603. The van der Waals surface area contributed by atoms with Crippen LogP contribution in [0.4, 0.5) is 4.39 Å². The molecular formula is C15H10BrFO. The fourth-order valence-corrected chi connectivity index (χ4v) is 2.01. The standard InChI is InChI=1S/C15H10BrFO/c16-13-7-3-2-6-12(13)15(18)10-9-11-5-1-4-8-14(11)17/h1-10H. The van der Waals surface area contributed by atoms with E-state index in [0.29, 0.717) is 11.1 Å². The summed E-state index contributed by atoms with van der Waals surface area (Å²) in [6.45, 7) is 0. The molecule has 0 aliphatic carbocycles. The Bertz CT molecular complexity index is 605. The number of ketones is 1. The summed E-state index contributed by atoms with van der Waals surface area (Å²) in [5.74, 6) is -0.501. The van der Waals surface area contributed by atoms with Gasteiger partial charge in [-0.05, 0) is 30.4 Å². The van der Waals surface area contributed by atoms with E-state index in [0.717, 1.165) is 4.47 Å². The summed E-state index contributed by atoms with van der Waals surface area (Å²) in [4.78, 5) is 11.9. The Hall–Kier alpha value is -1.74. The van der Waals surface area contributed by atoms with Crippen molar-refractivity contribution in [1.29, 1.82) is 0 Å². The van der Waals surface area contributed by atoms with E-state index < -0.39 is 0 Å². The van der Waals surface area contributed by atoms with Crippen molar-refractivity contribution >= 4 is 27.8 Å². The maximum absolute atomic E-state index is 13.3. The largest absolute Gasteiger partial charge is 0.289 e. The van der Waals surface area contributed by atoms with Crippen LogP contribution >= 0.6 is 15.9 Å². The number of benzene rings is 2. The van der Waals surface area contributed by atoms with Crippen molar-refractivity contribution in [3.05, 3.63) is 76.0 Å². The molecule has 2 aromatic carbocycles. The highest BCUT2D eigenvalue weighted by molar-refractivity contribution is 9.10. The lowest BCUT2D eigenvalue weighted by Crippen LogP contribution is -1.95. The van der Waals surface area contributed by atoms with Gasteiger partial charge in [-0.1, -0.05) is 46.3 Å². The Morgan fingerprint density at radius 3 is 2.44 bits per heavy atom. The Morgan fingerprint density at radius 1 is 1.06 bits per heavy atom. The first-order chi connectivity index (χ1) is 8.68. The highest BCUT2D eigenvalue weighted by Crippen LogP contribution is 2.17. The second kappa shape index (κ2) is 5.74. The topological polar surface area (TPSA) is 17.1 Å². The van der Waals surface area contributed by atoms with Crippen LogP contribution in [0.25, 0.3) is 6.08 Å². The van der Waals surface area contributed by atoms with E-state index in [9.17, 15) is 9.18 Å². The third-order valence-electron chi connectivity index (χ3n) is 2.46. The van der Waals surface area contributed by atoms with Gasteiger partial charge in [-0.15, -0.1) is 0 Å². The lowest BCUT2D eigenvalue weighted by atomic mass is 10.1. The molecule has 0 aliphatic heterocycles. The molecule has 0 spiro atoms. The molecule has 3 heteroatoms. The van der Waals surface area contributed by atoms with Crippen molar-refractivity contribution in [2.75, 3.05) is 0 Å². The molecule has 0 atom stereocenters. The summed E-state index contributed by atoms with van der Waals surface area (Å²) in [5, 5.41) is 0. The van der Waals surface area contributed by atoms with Crippen LogP contribution in [0.1, 0.15) is 15.9 Å². The summed E-state index contributed by atoms with van der Waals surface area (Å²) in [5.41, 5.74) is 0.961. The Balaban J connectivity index is 2.23. The van der Waals surface area contributed by atoms with Crippen LogP contribution in [0.3, 0.4) is 0 Å². The summed E-state index contributed by atoms with van der Waals surface area (Å²) in [7, 11) is 0. The number of carbonyl (C=O) groups excluding carboxylic acids is 1. The molecule has 0 aliphatic rings. The molecule has 0 saturated carbocycles. The number of hydrogen-bond donors (Lipinski definition) is 0. The highest BCUT2D eigenvalue weighted by Gasteiger charge is 2.05. The molecule has 2 rings (SSSR count). The van der Waals surface area contributed by atoms with Gasteiger partial charge in [0.25, 0.3) is 0 Å². The maximum Gasteiger partial charge on any atom is 0.186 e. The van der Waals surface area contributed by atoms with Gasteiger partial charge in [0.15, 0.2) is 5.78 Å². The molecule has 18 heavy (non-hydrogen) atoms. The van der Waals surface area contributed by atoms with Crippen LogP contribution in [0, 0.1) is 5.82 Å². The van der Waals surface area contributed by atoms with Gasteiger partial charge < -0.3 is 0 Å². The average Bonchev–Trinajstić information content (AvgIpc) is 2.38. The van der Waals surface area contributed by atoms with E-state index >= 15 is 0 Å². The van der Waals surface area contributed by atoms with Crippen molar-refractivity contribution < 1.29 is 9.18 Å². The normalized spacial score (nSPS) is 10.8. The van der Waals surface area contributed by atoms with Crippen LogP contribution in [0.15, 0.2) is 59.1 Å². The molecule has 0 bridgehead atoms. The van der Waals surface area contributed by atoms with E-state index in [2.05, 4.69) is 15.9 Å². The Morgan fingerprint density at radius 2 is 1.72 bits per heavy atom. The van der Waals surface area contributed by atoms with Gasteiger partial charge in [0, 0.05) is 15.6 Å². The predicted octanol–water partition coefficient (Wildman–Crippen LogP) is 4.48. The van der Waals surface area contributed by atoms with E-state index in [1.54, 1.807) is 36.4 Å². The van der Waals surface area contributed by atoms with Crippen LogP contribution in [0.2, 0.25) is 0 Å². The first kappa shape index (κ1) is 12.7. The Kier molecular flexibility index (Phi) is 4.05. The number of carbonyl (C=O) groups is 1. The van der Waals surface area contributed by atoms with Crippen molar-refractivity contribution in [3.8, 4) is 0 Å². The molecule has 0 amide bonds. The van der Waals surface area contributed by atoms with Gasteiger partial charge in [-0.3, -0.25) is 4.79 Å². The third-order valence-corrected chi connectivity index (χ3v) is 3.15. The molecule has 2 aromatic rings. The highest BCUT2D eigenvalue weighted by atomic mass is 79.9. The third kappa shape index (κ3) is 2.93. The number of halogens is 2. The fourth-order valence-electron chi connectivity index (χ4n) is 1.53. The smallest absolute Gasteiger partial charge is 0.186 e. The molecule has 0 heterocycles. The van der Waals surface area contributed by atoms with Crippen LogP contribution in [-0.2, 0) is 0 Å². The van der Waals surface area contributed by atoms with Gasteiger partial charge in [0.1, 0.15) is 5.82 Å². The van der Waals surface area contributed by atoms with Gasteiger partial charge in [-0.25, -0.2) is 4.39 Å². The molecule has 90 valence electrons. The van der Waals surface area contributed by atoms with Crippen molar-refractivity contribution in [2.24, 2.45) is 0 Å². The molecule has 0 saturated heterocycles. The lowest BCUT2D eigenvalue weighted by Gasteiger charge is -1.99. The second-order valence-electron chi connectivity index (χ2n) is 3.70. The minimum Gasteiger partial charge on any atom is -0.289 e. The zero-order valence-electron chi connectivity index (χ0n) is 9.44. The van der Waals surface area contributed by atoms with Gasteiger partial charge >= 0.3 is 0 Å². The Labute approximate surface area is 113 Å². The average molecular weight is 305 g/mol. The van der Waals surface area contributed by atoms with Gasteiger partial charge in [-0.2, -0.15) is 0 Å². The molecule has 1 nitrogen and oxygen atoms in total. The van der Waals surface area contributed by atoms with Crippen LogP contribution in [0.5, 0.6) is 0 Å². The summed E-state index contributed by atoms with van der Waals surface area (Å²) < 4.78 is 14.1. The van der Waals surface area contributed by atoms with E-state index in [-0.39, 0.29) is 11.6 Å². The number of allylic oxidation sites excluding steroid dienone is 1. The van der Waals surface area contributed by atoms with E-state index in [1.807, 2.05) is 6.07 Å². The van der Waals surface area contributed by atoms with Gasteiger partial charge in [0.2, 0.25) is 0 Å². The lowest BCUT2D eigenvalue weighted by molar-refractivity contribution is 0.104. The fraction of sp³-hybridized carbons (Fsp3) is 0. The molecule has 0 unspecified atom stereocenters. The number of rotatable bonds is 3. The molecule has 0 fully saturated rings. The van der Waals surface area contributed by atoms with Crippen molar-refractivity contribution in [2.45, 2.75) is 0 Å². The predicted molar refractivity (Wildman–Crippen MR) is 73.9 cm³/mol. The van der Waals surface area contributed by atoms with Crippen molar-refractivity contribution in [1.82, 2.24) is 0 Å². The minimum absolute atomic E-state index is 0.161. The van der Waals surface area contributed by atoms with Gasteiger partial charge in [0.05, 0.1) is 0 Å². The second-order valence-corrected chi connectivity index (χ2v) is 4.55. The summed E-state index contributed by atoms with van der Waals surface area (Å²) in [6, 6.07) is 13.5. The SMILES string of the molecule is O=C(C=Cc1ccccc1F)c1ccccc1Br. The van der Waals surface area contributed by atoms with Crippen LogP contribution < -0.4 is 0 Å². The van der Waals surface area contributed by atoms with E-state index in [4.69, 9.17) is 0 Å². The first-order valence-electron chi connectivity index (χ1n) is 5.40. The molecular weight excluding hydrogens is 295 g/mol. The molecule has 0 radical (unpaired) electrons. The monoisotopic (exact) mass is 304 g/mol. The zero-order chi connectivity index (χ0) is 13.0. The minimum atomic E-state index is -0.339. The summed E-state index contributed by atoms with van der Waals surface area (Å²) in [6.07, 6.45) is 2.86. The maximum atomic E-state index is 13.3. The van der Waals surface area contributed by atoms with Crippen molar-refractivity contribution in [3.63, 3.8) is 0 Å². The number of hydrogen-bond acceptors (Lipinski definition) is 1. The van der Waals surface area contributed by atoms with E-state index in [1.165, 1.54) is 18.2 Å². The molecule has 0 N–H and O–H groups in total. The zero-order valence-corrected chi connectivity index (χ0v) is 11.0. The summed E-state index contributed by atoms with van der Waals surface area (Å²) >= 11 is 3.31. The molecule has 0 aromatic heterocycles.